The first kappa shape index (κ1) is 19.7. The Morgan fingerprint density at radius 2 is 1.96 bits per heavy atom. The lowest BCUT2D eigenvalue weighted by molar-refractivity contribution is -0.146. The molecule has 0 spiro atoms. The van der Waals surface area contributed by atoms with Crippen LogP contribution >= 0.6 is 12.4 Å². The average Bonchev–Trinajstić information content (AvgIpc) is 3.06. The van der Waals surface area contributed by atoms with Gasteiger partial charge in [-0.05, 0) is 37.9 Å². The summed E-state index contributed by atoms with van der Waals surface area (Å²) in [4.78, 5) is 29.1. The fourth-order valence-corrected chi connectivity index (χ4v) is 4.13. The van der Waals surface area contributed by atoms with E-state index in [1.165, 1.54) is 0 Å². The number of nitrogens with one attached hydrogen (secondary N) is 1. The fraction of sp³-hybridized carbons (Fsp3) is 0.579. The number of hydrogen-bond acceptors (Lipinski definition) is 3. The Hall–Kier alpha value is -1.59. The molecule has 25 heavy (non-hydrogen) atoms. The quantitative estimate of drug-likeness (QED) is 0.888. The van der Waals surface area contributed by atoms with Gasteiger partial charge in [0.15, 0.2) is 0 Å². The third-order valence-electron chi connectivity index (χ3n) is 5.41. The second-order valence-corrected chi connectivity index (χ2v) is 7.00. The molecule has 0 aliphatic carbocycles. The van der Waals surface area contributed by atoms with Crippen LogP contribution in [0.3, 0.4) is 0 Å². The molecule has 3 atom stereocenters. The molecular formula is C19H28ClN3O2. The molecule has 2 fully saturated rings. The summed E-state index contributed by atoms with van der Waals surface area (Å²) in [6.07, 6.45) is 2.17. The van der Waals surface area contributed by atoms with Crippen molar-refractivity contribution in [3.05, 3.63) is 35.9 Å². The first-order chi connectivity index (χ1) is 11.6. The third-order valence-corrected chi connectivity index (χ3v) is 5.41. The Balaban J connectivity index is 0.00000225. The lowest BCUT2D eigenvalue weighted by Crippen LogP contribution is -2.47. The van der Waals surface area contributed by atoms with Crippen molar-refractivity contribution in [3.8, 4) is 0 Å². The molecule has 0 saturated carbocycles. The van der Waals surface area contributed by atoms with Crippen LogP contribution in [-0.2, 0) is 9.59 Å². The van der Waals surface area contributed by atoms with E-state index >= 15 is 0 Å². The molecule has 1 aromatic rings. The maximum atomic E-state index is 13.2. The monoisotopic (exact) mass is 365 g/mol. The number of halogens is 1. The Labute approximate surface area is 156 Å². The van der Waals surface area contributed by atoms with Gasteiger partial charge < -0.3 is 15.1 Å². The molecule has 2 heterocycles. The van der Waals surface area contributed by atoms with E-state index in [1.54, 1.807) is 4.90 Å². The number of nitrogens with zero attached hydrogens (tertiary/aromatic N) is 2. The highest BCUT2D eigenvalue weighted by Gasteiger charge is 2.41. The summed E-state index contributed by atoms with van der Waals surface area (Å²) in [5.74, 6) is 0.740. The molecule has 1 aromatic carbocycles. The highest BCUT2D eigenvalue weighted by Crippen LogP contribution is 2.37. The van der Waals surface area contributed by atoms with E-state index < -0.39 is 0 Å². The fourth-order valence-electron chi connectivity index (χ4n) is 4.13. The second-order valence-electron chi connectivity index (χ2n) is 7.00. The highest BCUT2D eigenvalue weighted by molar-refractivity contribution is 5.85. The van der Waals surface area contributed by atoms with Crippen molar-refractivity contribution in [1.82, 2.24) is 15.1 Å². The van der Waals surface area contributed by atoms with Crippen molar-refractivity contribution in [3.63, 3.8) is 0 Å². The predicted molar refractivity (Wildman–Crippen MR) is 101 cm³/mol. The molecule has 5 nitrogen and oxygen atoms in total. The summed E-state index contributed by atoms with van der Waals surface area (Å²) >= 11 is 0. The van der Waals surface area contributed by atoms with Crippen molar-refractivity contribution in [1.29, 1.82) is 0 Å². The van der Waals surface area contributed by atoms with E-state index in [1.807, 2.05) is 49.3 Å². The van der Waals surface area contributed by atoms with Gasteiger partial charge in [-0.1, -0.05) is 30.3 Å². The van der Waals surface area contributed by atoms with Gasteiger partial charge in [-0.3, -0.25) is 9.59 Å². The Morgan fingerprint density at radius 1 is 1.24 bits per heavy atom. The summed E-state index contributed by atoms with van der Waals surface area (Å²) in [6.45, 7) is 2.62. The van der Waals surface area contributed by atoms with Crippen molar-refractivity contribution in [2.75, 3.05) is 33.7 Å². The summed E-state index contributed by atoms with van der Waals surface area (Å²) in [7, 11) is 3.78. The first-order valence-electron chi connectivity index (χ1n) is 8.85. The Kier molecular flexibility index (Phi) is 6.85. The summed E-state index contributed by atoms with van der Waals surface area (Å²) in [5.41, 5.74) is 1.05. The normalized spacial score (nSPS) is 26.5. The number of carbonyl (C=O) groups is 2. The van der Waals surface area contributed by atoms with Gasteiger partial charge in [-0.25, -0.2) is 0 Å². The van der Waals surface area contributed by atoms with Crippen LogP contribution in [0.1, 0.15) is 30.9 Å². The third kappa shape index (κ3) is 4.15. The maximum absolute atomic E-state index is 13.2. The molecule has 3 unspecified atom stereocenters. The van der Waals surface area contributed by atoms with Crippen molar-refractivity contribution in [2.24, 2.45) is 11.8 Å². The van der Waals surface area contributed by atoms with Crippen LogP contribution in [0.25, 0.3) is 0 Å². The molecule has 0 aromatic heterocycles. The number of rotatable bonds is 4. The maximum Gasteiger partial charge on any atom is 0.228 e. The minimum absolute atomic E-state index is 0. The largest absolute Gasteiger partial charge is 0.342 e. The van der Waals surface area contributed by atoms with Crippen molar-refractivity contribution >= 4 is 24.2 Å². The Bertz CT molecular complexity index is 596. The molecule has 0 radical (unpaired) electrons. The van der Waals surface area contributed by atoms with E-state index in [0.29, 0.717) is 18.8 Å². The molecular weight excluding hydrogens is 338 g/mol. The zero-order valence-corrected chi connectivity index (χ0v) is 15.8. The van der Waals surface area contributed by atoms with Gasteiger partial charge in [0.2, 0.25) is 11.8 Å². The van der Waals surface area contributed by atoms with Crippen molar-refractivity contribution < 1.29 is 9.59 Å². The van der Waals surface area contributed by atoms with Crippen LogP contribution in [-0.4, -0.2) is 55.3 Å². The topological polar surface area (TPSA) is 52.7 Å². The minimum Gasteiger partial charge on any atom is -0.342 e. The van der Waals surface area contributed by atoms with Gasteiger partial charge in [0.05, 0.1) is 12.0 Å². The van der Waals surface area contributed by atoms with Crippen LogP contribution < -0.4 is 5.32 Å². The molecule has 2 amide bonds. The number of piperidine rings is 1. The second kappa shape index (κ2) is 8.68. The van der Waals surface area contributed by atoms with Gasteiger partial charge in [-0.2, -0.15) is 0 Å². The highest BCUT2D eigenvalue weighted by atomic mass is 35.5. The standard InChI is InChI=1S/C19H27N3O2.ClH/c1-20-12-14-10-11-22(13-14)19(24)16-8-9-17(23)21(2)18(16)15-6-4-3-5-7-15;/h3-7,14,16,18,20H,8-13H2,1-2H3;1H. The molecule has 2 aliphatic rings. The van der Waals surface area contributed by atoms with Crippen LogP contribution in [0.5, 0.6) is 0 Å². The van der Waals surface area contributed by atoms with E-state index in [9.17, 15) is 9.59 Å². The lowest BCUT2D eigenvalue weighted by atomic mass is 9.83. The minimum atomic E-state index is -0.150. The zero-order valence-electron chi connectivity index (χ0n) is 15.0. The summed E-state index contributed by atoms with van der Waals surface area (Å²) < 4.78 is 0. The van der Waals surface area contributed by atoms with Gasteiger partial charge in [0, 0.05) is 26.6 Å². The van der Waals surface area contributed by atoms with Crippen LogP contribution in [0, 0.1) is 11.8 Å². The van der Waals surface area contributed by atoms with Crippen molar-refractivity contribution in [2.45, 2.75) is 25.3 Å². The predicted octanol–water partition coefficient (Wildman–Crippen LogP) is 2.09. The SMILES string of the molecule is CNCC1CCN(C(=O)C2CCC(=O)N(C)C2c2ccccc2)C1.Cl. The molecule has 1 N–H and O–H groups in total. The van der Waals surface area contributed by atoms with Gasteiger partial charge in [-0.15, -0.1) is 12.4 Å². The van der Waals surface area contributed by atoms with Crippen LogP contribution in [0.4, 0.5) is 0 Å². The van der Waals surface area contributed by atoms with Crippen LogP contribution in [0.15, 0.2) is 30.3 Å². The van der Waals surface area contributed by atoms with Gasteiger partial charge >= 0.3 is 0 Å². The molecule has 6 heteroatoms. The summed E-state index contributed by atoms with van der Waals surface area (Å²) in [5, 5.41) is 3.21. The number of amides is 2. The van der Waals surface area contributed by atoms with E-state index in [2.05, 4.69) is 5.32 Å². The van der Waals surface area contributed by atoms with E-state index in [4.69, 9.17) is 0 Å². The van der Waals surface area contributed by atoms with Crippen LogP contribution in [0.2, 0.25) is 0 Å². The molecule has 3 rings (SSSR count). The smallest absolute Gasteiger partial charge is 0.228 e. The number of likely N-dealkylation sites (tertiary alicyclic amines) is 2. The molecule has 138 valence electrons. The molecule has 2 saturated heterocycles. The molecule has 0 bridgehead atoms. The number of carbonyl (C=O) groups excluding carboxylic acids is 2. The van der Waals surface area contributed by atoms with Gasteiger partial charge in [0.1, 0.15) is 0 Å². The average molecular weight is 366 g/mol. The Morgan fingerprint density at radius 3 is 2.64 bits per heavy atom. The first-order valence-corrected chi connectivity index (χ1v) is 8.85. The molecule has 2 aliphatic heterocycles. The zero-order chi connectivity index (χ0) is 17.1. The lowest BCUT2D eigenvalue weighted by Gasteiger charge is -2.40. The van der Waals surface area contributed by atoms with Gasteiger partial charge in [0.25, 0.3) is 0 Å². The van der Waals surface area contributed by atoms with E-state index in [-0.39, 0.29) is 36.2 Å². The van der Waals surface area contributed by atoms with E-state index in [0.717, 1.165) is 31.6 Å². The summed E-state index contributed by atoms with van der Waals surface area (Å²) in [6, 6.07) is 9.81. The number of benzene rings is 1. The number of hydrogen-bond donors (Lipinski definition) is 1.